The summed E-state index contributed by atoms with van der Waals surface area (Å²) < 4.78 is 31.2. The molecule has 4 rings (SSSR count). The van der Waals surface area contributed by atoms with Crippen LogP contribution in [0.25, 0.3) is 22.0 Å². The molecule has 0 aliphatic heterocycles. The number of benzene rings is 3. The van der Waals surface area contributed by atoms with Crippen molar-refractivity contribution in [2.45, 2.75) is 6.92 Å². The summed E-state index contributed by atoms with van der Waals surface area (Å²) in [5, 5.41) is 16.6. The number of fused-ring (bicyclic) bond motifs is 1. The monoisotopic (exact) mass is 421 g/mol. The molecule has 0 spiro atoms. The second-order valence-electron chi connectivity index (χ2n) is 7.06. The first kappa shape index (κ1) is 20.2. The normalized spacial score (nSPS) is 11.0. The van der Waals surface area contributed by atoms with E-state index in [1.54, 1.807) is 16.8 Å². The van der Waals surface area contributed by atoms with E-state index in [1.165, 1.54) is 24.3 Å². The van der Waals surface area contributed by atoms with Crippen molar-refractivity contribution in [1.29, 1.82) is 0 Å². The molecule has 4 aromatic rings. The van der Waals surface area contributed by atoms with Gasteiger partial charge < -0.3 is 10.4 Å². The van der Waals surface area contributed by atoms with Crippen molar-refractivity contribution in [3.63, 3.8) is 0 Å². The van der Waals surface area contributed by atoms with Crippen LogP contribution in [-0.2, 0) is 7.05 Å². The fourth-order valence-corrected chi connectivity index (χ4v) is 3.53. The van der Waals surface area contributed by atoms with Crippen molar-refractivity contribution in [1.82, 2.24) is 9.78 Å². The number of anilines is 1. The van der Waals surface area contributed by atoms with Crippen LogP contribution in [0, 0.1) is 18.6 Å². The van der Waals surface area contributed by atoms with E-state index in [0.717, 1.165) is 28.7 Å². The van der Waals surface area contributed by atoms with Crippen LogP contribution >= 0.6 is 0 Å². The zero-order chi connectivity index (χ0) is 22.3. The lowest BCUT2D eigenvalue weighted by molar-refractivity contribution is 0.0692. The number of rotatable bonds is 4. The Morgan fingerprint density at radius 3 is 2.26 bits per heavy atom. The van der Waals surface area contributed by atoms with Gasteiger partial charge in [0, 0.05) is 12.4 Å². The summed E-state index contributed by atoms with van der Waals surface area (Å²) in [7, 11) is 1.81. The number of hydrogen-bond acceptors (Lipinski definition) is 3. The van der Waals surface area contributed by atoms with Crippen molar-refractivity contribution in [3.8, 4) is 11.1 Å². The van der Waals surface area contributed by atoms with E-state index in [1.807, 2.05) is 20.0 Å². The van der Waals surface area contributed by atoms with Crippen LogP contribution < -0.4 is 5.32 Å². The first-order valence-corrected chi connectivity index (χ1v) is 9.32. The number of nitrogens with zero attached hydrogens (tertiary/aromatic N) is 2. The summed E-state index contributed by atoms with van der Waals surface area (Å²) in [5.41, 5.74) is 1.46. The second kappa shape index (κ2) is 7.64. The lowest BCUT2D eigenvalue weighted by atomic mass is 10.0. The van der Waals surface area contributed by atoms with Crippen LogP contribution in [0.5, 0.6) is 0 Å². The molecule has 31 heavy (non-hydrogen) atoms. The Kier molecular flexibility index (Phi) is 4.98. The highest BCUT2D eigenvalue weighted by molar-refractivity contribution is 6.10. The second-order valence-corrected chi connectivity index (χ2v) is 7.06. The van der Waals surface area contributed by atoms with Gasteiger partial charge >= 0.3 is 5.97 Å². The molecule has 0 saturated heterocycles. The number of halogens is 2. The Morgan fingerprint density at radius 2 is 1.61 bits per heavy atom. The zero-order valence-corrected chi connectivity index (χ0v) is 16.6. The van der Waals surface area contributed by atoms with Crippen LogP contribution in [0.3, 0.4) is 0 Å². The average Bonchev–Trinajstić information content (AvgIpc) is 3.03. The standard InChI is InChI=1S/C23H17F2N3O3/c1-12-17-9-13(7-8-20(17)28(2)27-12)14-10-18(24)21(19(25)11-14)26-22(29)15-5-3-4-6-16(15)23(30)31/h3-11H,1-2H3,(H,26,29)(H,30,31). The molecule has 6 nitrogen and oxygen atoms in total. The average molecular weight is 421 g/mol. The summed E-state index contributed by atoms with van der Waals surface area (Å²) in [5.74, 6) is -4.18. The van der Waals surface area contributed by atoms with E-state index in [9.17, 15) is 23.5 Å². The Morgan fingerprint density at radius 1 is 0.968 bits per heavy atom. The van der Waals surface area contributed by atoms with Gasteiger partial charge in [0.25, 0.3) is 5.91 Å². The largest absolute Gasteiger partial charge is 0.478 e. The predicted molar refractivity (Wildman–Crippen MR) is 112 cm³/mol. The Hall–Kier alpha value is -4.07. The van der Waals surface area contributed by atoms with Gasteiger partial charge in [-0.2, -0.15) is 5.10 Å². The Bertz CT molecular complexity index is 1340. The van der Waals surface area contributed by atoms with Gasteiger partial charge in [-0.15, -0.1) is 0 Å². The summed E-state index contributed by atoms with van der Waals surface area (Å²) in [6.45, 7) is 1.85. The van der Waals surface area contributed by atoms with E-state index < -0.39 is 29.2 Å². The highest BCUT2D eigenvalue weighted by atomic mass is 19.1. The minimum absolute atomic E-state index is 0.199. The number of aryl methyl sites for hydroxylation is 2. The summed E-state index contributed by atoms with van der Waals surface area (Å²) in [4.78, 5) is 23.8. The number of amides is 1. The van der Waals surface area contributed by atoms with Crippen molar-refractivity contribution >= 4 is 28.5 Å². The number of carbonyl (C=O) groups excluding carboxylic acids is 1. The Balaban J connectivity index is 1.69. The number of aromatic nitrogens is 2. The number of carboxylic acid groups (broad SMARTS) is 1. The van der Waals surface area contributed by atoms with Gasteiger partial charge in [0.1, 0.15) is 17.3 Å². The van der Waals surface area contributed by atoms with Crippen LogP contribution in [0.4, 0.5) is 14.5 Å². The van der Waals surface area contributed by atoms with Crippen LogP contribution in [0.2, 0.25) is 0 Å². The molecule has 3 aromatic carbocycles. The maximum absolute atomic E-state index is 14.7. The van der Waals surface area contributed by atoms with E-state index in [2.05, 4.69) is 10.4 Å². The molecular weight excluding hydrogens is 404 g/mol. The van der Waals surface area contributed by atoms with E-state index in [0.29, 0.717) is 11.1 Å². The quantitative estimate of drug-likeness (QED) is 0.497. The van der Waals surface area contributed by atoms with Gasteiger partial charge in [-0.1, -0.05) is 18.2 Å². The number of carbonyl (C=O) groups is 2. The molecule has 8 heteroatoms. The third-order valence-electron chi connectivity index (χ3n) is 5.05. The number of carboxylic acids is 1. The molecule has 0 unspecified atom stereocenters. The topological polar surface area (TPSA) is 84.2 Å². The smallest absolute Gasteiger partial charge is 0.336 e. The molecule has 1 amide bonds. The molecule has 1 aromatic heterocycles. The molecule has 0 saturated carbocycles. The Labute approximate surface area is 175 Å². The van der Waals surface area contributed by atoms with Crippen molar-refractivity contribution < 1.29 is 23.5 Å². The van der Waals surface area contributed by atoms with E-state index in [4.69, 9.17) is 0 Å². The SMILES string of the molecule is Cc1nn(C)c2ccc(-c3cc(F)c(NC(=O)c4ccccc4C(=O)O)c(F)c3)cc12. The fourth-order valence-electron chi connectivity index (χ4n) is 3.53. The molecule has 0 radical (unpaired) electrons. The van der Waals surface area contributed by atoms with Gasteiger partial charge in [0.2, 0.25) is 0 Å². The summed E-state index contributed by atoms with van der Waals surface area (Å²) >= 11 is 0. The summed E-state index contributed by atoms with van der Waals surface area (Å²) in [6.07, 6.45) is 0. The fraction of sp³-hybridized carbons (Fsp3) is 0.0870. The third-order valence-corrected chi connectivity index (χ3v) is 5.05. The molecular formula is C23H17F2N3O3. The minimum Gasteiger partial charge on any atom is -0.478 e. The van der Waals surface area contributed by atoms with Crippen LogP contribution in [0.15, 0.2) is 54.6 Å². The maximum atomic E-state index is 14.7. The minimum atomic E-state index is -1.32. The first-order valence-electron chi connectivity index (χ1n) is 9.32. The molecule has 156 valence electrons. The van der Waals surface area contributed by atoms with Crippen LogP contribution in [0.1, 0.15) is 26.4 Å². The van der Waals surface area contributed by atoms with E-state index in [-0.39, 0.29) is 11.1 Å². The molecule has 0 aliphatic rings. The molecule has 2 N–H and O–H groups in total. The van der Waals surface area contributed by atoms with Gasteiger partial charge in [0.15, 0.2) is 0 Å². The molecule has 1 heterocycles. The molecule has 0 aliphatic carbocycles. The van der Waals surface area contributed by atoms with E-state index >= 15 is 0 Å². The third kappa shape index (κ3) is 3.63. The number of hydrogen-bond donors (Lipinski definition) is 2. The van der Waals surface area contributed by atoms with Crippen LogP contribution in [-0.4, -0.2) is 26.8 Å². The lowest BCUT2D eigenvalue weighted by Crippen LogP contribution is -2.18. The van der Waals surface area contributed by atoms with Gasteiger partial charge in [-0.05, 0) is 54.4 Å². The van der Waals surface area contributed by atoms with Gasteiger partial charge in [-0.25, -0.2) is 13.6 Å². The van der Waals surface area contributed by atoms with Crippen molar-refractivity contribution in [2.75, 3.05) is 5.32 Å². The number of aromatic carboxylic acids is 1. The number of nitrogens with one attached hydrogen (secondary N) is 1. The predicted octanol–water partition coefficient (Wildman–Crippen LogP) is 4.78. The molecule has 0 atom stereocenters. The zero-order valence-electron chi connectivity index (χ0n) is 16.6. The maximum Gasteiger partial charge on any atom is 0.336 e. The highest BCUT2D eigenvalue weighted by Crippen LogP contribution is 2.30. The first-order chi connectivity index (χ1) is 14.8. The van der Waals surface area contributed by atoms with Crippen molar-refractivity contribution in [2.24, 2.45) is 7.05 Å². The van der Waals surface area contributed by atoms with Gasteiger partial charge in [-0.3, -0.25) is 9.48 Å². The highest BCUT2D eigenvalue weighted by Gasteiger charge is 2.20. The molecule has 0 bridgehead atoms. The summed E-state index contributed by atoms with van der Waals surface area (Å²) in [6, 6.07) is 13.0. The van der Waals surface area contributed by atoms with Crippen molar-refractivity contribution in [3.05, 3.63) is 83.1 Å². The molecule has 0 fully saturated rings. The van der Waals surface area contributed by atoms with Gasteiger partial charge in [0.05, 0.1) is 22.3 Å². The lowest BCUT2D eigenvalue weighted by Gasteiger charge is -2.11.